The van der Waals surface area contributed by atoms with Crippen molar-refractivity contribution >= 4 is 16.2 Å². The molecule has 2 aliphatic rings. The molecule has 2 saturated heterocycles. The number of carboxylic acid groups (broad SMARTS) is 1. The van der Waals surface area contributed by atoms with Gasteiger partial charge in [0, 0.05) is 19.1 Å². The second-order valence-corrected chi connectivity index (χ2v) is 7.56. The first-order valence-corrected chi connectivity index (χ1v) is 8.25. The molecule has 0 aromatic rings. The molecule has 0 amide bonds. The van der Waals surface area contributed by atoms with Gasteiger partial charge in [-0.1, -0.05) is 6.92 Å². The fourth-order valence-electron chi connectivity index (χ4n) is 3.15. The molecule has 2 aliphatic heterocycles. The van der Waals surface area contributed by atoms with Gasteiger partial charge in [-0.15, -0.1) is 0 Å². The van der Waals surface area contributed by atoms with E-state index in [2.05, 4.69) is 0 Å². The summed E-state index contributed by atoms with van der Waals surface area (Å²) in [5, 5.41) is 9.21. The molecule has 0 aromatic carbocycles. The lowest BCUT2D eigenvalue weighted by molar-refractivity contribution is -0.142. The third kappa shape index (κ3) is 2.78. The van der Waals surface area contributed by atoms with Crippen molar-refractivity contribution in [1.82, 2.24) is 8.61 Å². The van der Waals surface area contributed by atoms with Gasteiger partial charge in [0.1, 0.15) is 6.04 Å². The second kappa shape index (κ2) is 5.38. The van der Waals surface area contributed by atoms with Crippen LogP contribution in [0.4, 0.5) is 0 Å². The highest BCUT2D eigenvalue weighted by molar-refractivity contribution is 7.86. The summed E-state index contributed by atoms with van der Waals surface area (Å²) in [7, 11) is -3.65. The summed E-state index contributed by atoms with van der Waals surface area (Å²) >= 11 is 0. The van der Waals surface area contributed by atoms with Crippen LogP contribution in [0.3, 0.4) is 0 Å². The average molecular weight is 290 g/mol. The summed E-state index contributed by atoms with van der Waals surface area (Å²) in [5.41, 5.74) is 0. The van der Waals surface area contributed by atoms with Gasteiger partial charge >= 0.3 is 5.97 Å². The van der Waals surface area contributed by atoms with E-state index in [-0.39, 0.29) is 6.04 Å². The van der Waals surface area contributed by atoms with Gasteiger partial charge < -0.3 is 5.11 Å². The Morgan fingerprint density at radius 2 is 1.89 bits per heavy atom. The largest absolute Gasteiger partial charge is 0.480 e. The lowest BCUT2D eigenvalue weighted by atomic mass is 10.1. The Morgan fingerprint density at radius 3 is 2.42 bits per heavy atom. The van der Waals surface area contributed by atoms with Crippen LogP contribution in [-0.4, -0.2) is 53.3 Å². The number of nitrogens with zero attached hydrogens (tertiary/aromatic N) is 2. The third-order valence-electron chi connectivity index (χ3n) is 4.06. The van der Waals surface area contributed by atoms with Crippen LogP contribution in [0.15, 0.2) is 0 Å². The SMILES string of the molecule is CC1CC(C)N(S(=O)(=O)N2CCCCC2C(=O)O)C1. The van der Waals surface area contributed by atoms with Crippen molar-refractivity contribution in [3.05, 3.63) is 0 Å². The molecule has 2 heterocycles. The molecule has 0 spiro atoms. The molecule has 0 bridgehead atoms. The van der Waals surface area contributed by atoms with E-state index in [1.807, 2.05) is 13.8 Å². The van der Waals surface area contributed by atoms with E-state index >= 15 is 0 Å². The molecule has 0 aliphatic carbocycles. The van der Waals surface area contributed by atoms with Gasteiger partial charge in [0.2, 0.25) is 0 Å². The zero-order valence-electron chi connectivity index (χ0n) is 11.4. The maximum Gasteiger partial charge on any atom is 0.322 e. The van der Waals surface area contributed by atoms with Crippen LogP contribution in [0, 0.1) is 5.92 Å². The highest BCUT2D eigenvalue weighted by atomic mass is 32.2. The van der Waals surface area contributed by atoms with Crippen LogP contribution in [-0.2, 0) is 15.0 Å². The first kappa shape index (κ1) is 14.7. The minimum absolute atomic E-state index is 0.0450. The van der Waals surface area contributed by atoms with Crippen molar-refractivity contribution < 1.29 is 18.3 Å². The summed E-state index contributed by atoms with van der Waals surface area (Å²) in [5.74, 6) is -0.707. The van der Waals surface area contributed by atoms with Gasteiger partial charge in [-0.05, 0) is 38.5 Å². The van der Waals surface area contributed by atoms with Gasteiger partial charge in [-0.25, -0.2) is 0 Å². The Kier molecular flexibility index (Phi) is 4.17. The zero-order valence-corrected chi connectivity index (χ0v) is 12.3. The van der Waals surface area contributed by atoms with Crippen molar-refractivity contribution in [2.45, 2.75) is 51.6 Å². The first-order chi connectivity index (χ1) is 8.84. The molecule has 6 nitrogen and oxygen atoms in total. The van der Waals surface area contributed by atoms with Gasteiger partial charge in [-0.2, -0.15) is 17.0 Å². The predicted octanol–water partition coefficient (Wildman–Crippen LogP) is 0.901. The molecule has 2 fully saturated rings. The summed E-state index contributed by atoms with van der Waals surface area (Å²) in [4.78, 5) is 11.2. The highest BCUT2D eigenvalue weighted by Gasteiger charge is 2.44. The Hall–Kier alpha value is -0.660. The maximum atomic E-state index is 12.6. The molecule has 3 atom stereocenters. The molecular weight excluding hydrogens is 268 g/mol. The number of hydrogen-bond donors (Lipinski definition) is 1. The van der Waals surface area contributed by atoms with E-state index in [0.717, 1.165) is 19.3 Å². The monoisotopic (exact) mass is 290 g/mol. The average Bonchev–Trinajstić information content (AvgIpc) is 2.69. The Bertz CT molecular complexity index is 451. The van der Waals surface area contributed by atoms with Gasteiger partial charge in [0.05, 0.1) is 0 Å². The van der Waals surface area contributed by atoms with Crippen molar-refractivity contribution in [2.24, 2.45) is 5.92 Å². The van der Waals surface area contributed by atoms with Crippen LogP contribution < -0.4 is 0 Å². The number of carboxylic acids is 1. The van der Waals surface area contributed by atoms with E-state index in [0.29, 0.717) is 25.4 Å². The summed E-state index contributed by atoms with van der Waals surface area (Å²) in [6, 6.07) is -0.946. The molecule has 0 aromatic heterocycles. The lowest BCUT2D eigenvalue weighted by Crippen LogP contribution is -2.54. The van der Waals surface area contributed by atoms with Crippen molar-refractivity contribution in [3.8, 4) is 0 Å². The van der Waals surface area contributed by atoms with E-state index in [4.69, 9.17) is 0 Å². The van der Waals surface area contributed by atoms with Crippen molar-refractivity contribution in [2.75, 3.05) is 13.1 Å². The topological polar surface area (TPSA) is 77.9 Å². The van der Waals surface area contributed by atoms with E-state index in [9.17, 15) is 18.3 Å². The quantitative estimate of drug-likeness (QED) is 0.837. The van der Waals surface area contributed by atoms with Crippen LogP contribution in [0.2, 0.25) is 0 Å². The molecule has 19 heavy (non-hydrogen) atoms. The Morgan fingerprint density at radius 1 is 1.21 bits per heavy atom. The number of piperidine rings is 1. The van der Waals surface area contributed by atoms with Gasteiger partial charge in [0.15, 0.2) is 0 Å². The lowest BCUT2D eigenvalue weighted by Gasteiger charge is -2.36. The highest BCUT2D eigenvalue weighted by Crippen LogP contribution is 2.30. The van der Waals surface area contributed by atoms with Crippen LogP contribution in [0.25, 0.3) is 0 Å². The fourth-order valence-corrected chi connectivity index (χ4v) is 5.28. The van der Waals surface area contributed by atoms with Crippen LogP contribution in [0.5, 0.6) is 0 Å². The third-order valence-corrected chi connectivity index (χ3v) is 6.19. The minimum Gasteiger partial charge on any atom is -0.480 e. The number of hydrogen-bond acceptors (Lipinski definition) is 3. The molecule has 1 N–H and O–H groups in total. The second-order valence-electron chi connectivity index (χ2n) is 5.73. The first-order valence-electron chi connectivity index (χ1n) is 6.85. The van der Waals surface area contributed by atoms with E-state index in [1.165, 1.54) is 8.61 Å². The number of aliphatic carboxylic acids is 1. The molecular formula is C12H22N2O4S. The Balaban J connectivity index is 2.24. The van der Waals surface area contributed by atoms with E-state index in [1.54, 1.807) is 0 Å². The Labute approximate surface area is 114 Å². The number of carbonyl (C=O) groups is 1. The summed E-state index contributed by atoms with van der Waals surface area (Å²) in [6.07, 6.45) is 2.76. The normalized spacial score (nSPS) is 34.5. The van der Waals surface area contributed by atoms with Gasteiger partial charge in [-0.3, -0.25) is 4.79 Å². The predicted molar refractivity (Wildman–Crippen MR) is 70.8 cm³/mol. The number of rotatable bonds is 3. The van der Waals surface area contributed by atoms with Gasteiger partial charge in [0.25, 0.3) is 10.2 Å². The fraction of sp³-hybridized carbons (Fsp3) is 0.917. The van der Waals surface area contributed by atoms with Crippen LogP contribution in [0.1, 0.15) is 39.5 Å². The van der Waals surface area contributed by atoms with Crippen molar-refractivity contribution in [1.29, 1.82) is 0 Å². The molecule has 3 unspecified atom stereocenters. The standard InChI is InChI=1S/C12H22N2O4S/c1-9-7-10(2)14(8-9)19(17,18)13-6-4-3-5-11(13)12(15)16/h9-11H,3-8H2,1-2H3,(H,15,16). The minimum atomic E-state index is -3.65. The summed E-state index contributed by atoms with van der Waals surface area (Å²) < 4.78 is 28.0. The zero-order chi connectivity index (χ0) is 14.2. The van der Waals surface area contributed by atoms with Crippen molar-refractivity contribution in [3.63, 3.8) is 0 Å². The van der Waals surface area contributed by atoms with Crippen LogP contribution >= 0.6 is 0 Å². The molecule has 2 rings (SSSR count). The smallest absolute Gasteiger partial charge is 0.322 e. The molecule has 7 heteroatoms. The molecule has 110 valence electrons. The molecule has 0 saturated carbocycles. The van der Waals surface area contributed by atoms with E-state index < -0.39 is 22.2 Å². The summed E-state index contributed by atoms with van der Waals surface area (Å²) in [6.45, 7) is 4.72. The maximum absolute atomic E-state index is 12.6. The molecule has 0 radical (unpaired) electrons.